The second-order valence-electron chi connectivity index (χ2n) is 5.24. The Morgan fingerprint density at radius 1 is 1.38 bits per heavy atom. The minimum atomic E-state index is 0.00778. The third-order valence-electron chi connectivity index (χ3n) is 4.02. The van der Waals surface area contributed by atoms with Gasteiger partial charge in [0.15, 0.2) is 0 Å². The summed E-state index contributed by atoms with van der Waals surface area (Å²) < 4.78 is 1.78. The smallest absolute Gasteiger partial charge is 0.276 e. The van der Waals surface area contributed by atoms with E-state index < -0.39 is 0 Å². The first-order chi connectivity index (χ1) is 10.2. The third kappa shape index (κ3) is 2.18. The van der Waals surface area contributed by atoms with E-state index in [1.54, 1.807) is 4.68 Å². The topological polar surface area (TPSA) is 64.2 Å². The summed E-state index contributed by atoms with van der Waals surface area (Å²) in [5.41, 5.74) is 10.4. The van der Waals surface area contributed by atoms with Gasteiger partial charge in [0, 0.05) is 30.0 Å². The summed E-state index contributed by atoms with van der Waals surface area (Å²) in [6, 6.07) is 7.65. The lowest BCUT2D eigenvalue weighted by molar-refractivity contribution is 0.0979. The highest BCUT2D eigenvalue weighted by molar-refractivity contribution is 6.06. The first-order valence-electron chi connectivity index (χ1n) is 7.41. The molecule has 0 radical (unpaired) electrons. The number of hydrogen-bond donors (Lipinski definition) is 1. The van der Waals surface area contributed by atoms with Gasteiger partial charge in [0.1, 0.15) is 5.69 Å². The molecule has 5 nitrogen and oxygen atoms in total. The number of nitrogens with two attached hydrogens (primary N) is 1. The molecular formula is C16H20N4O. The number of amides is 1. The van der Waals surface area contributed by atoms with Gasteiger partial charge >= 0.3 is 0 Å². The number of benzene rings is 1. The summed E-state index contributed by atoms with van der Waals surface area (Å²) in [5.74, 6) is 0.00778. The molecule has 1 aliphatic heterocycles. The van der Waals surface area contributed by atoms with Crippen LogP contribution in [0.15, 0.2) is 24.3 Å². The molecule has 1 aliphatic rings. The van der Waals surface area contributed by atoms with Crippen LogP contribution in [0.2, 0.25) is 0 Å². The van der Waals surface area contributed by atoms with Crippen molar-refractivity contribution in [3.05, 3.63) is 41.2 Å². The number of anilines is 2. The molecule has 5 heteroatoms. The fraction of sp³-hybridized carbons (Fsp3) is 0.375. The number of fused-ring (bicyclic) bond motifs is 1. The molecular weight excluding hydrogens is 264 g/mol. The van der Waals surface area contributed by atoms with Crippen molar-refractivity contribution in [3.8, 4) is 0 Å². The quantitative estimate of drug-likeness (QED) is 0.879. The number of carbonyl (C=O) groups excluding carboxylic acids is 1. The predicted octanol–water partition coefficient (Wildman–Crippen LogP) is 2.25. The summed E-state index contributed by atoms with van der Waals surface area (Å²) in [6.07, 6.45) is 1.64. The zero-order valence-corrected chi connectivity index (χ0v) is 12.5. The van der Waals surface area contributed by atoms with Gasteiger partial charge in [-0.3, -0.25) is 9.48 Å². The van der Waals surface area contributed by atoms with Crippen LogP contribution in [0.5, 0.6) is 0 Å². The third-order valence-corrected chi connectivity index (χ3v) is 4.02. The van der Waals surface area contributed by atoms with E-state index in [2.05, 4.69) is 5.10 Å². The minimum absolute atomic E-state index is 0.00778. The number of aromatic nitrogens is 2. The monoisotopic (exact) mass is 284 g/mol. The van der Waals surface area contributed by atoms with Crippen molar-refractivity contribution in [2.75, 3.05) is 17.2 Å². The molecule has 0 saturated heterocycles. The van der Waals surface area contributed by atoms with E-state index >= 15 is 0 Å². The lowest BCUT2D eigenvalue weighted by Gasteiger charge is -2.17. The van der Waals surface area contributed by atoms with Crippen molar-refractivity contribution in [1.82, 2.24) is 9.78 Å². The molecule has 0 aliphatic carbocycles. The van der Waals surface area contributed by atoms with E-state index in [4.69, 9.17) is 5.73 Å². The van der Waals surface area contributed by atoms with Gasteiger partial charge in [-0.05, 0) is 38.0 Å². The van der Waals surface area contributed by atoms with Gasteiger partial charge in [-0.15, -0.1) is 0 Å². The Bertz CT molecular complexity index is 690. The molecule has 2 aromatic rings. The number of nitrogen functional groups attached to an aromatic ring is 1. The van der Waals surface area contributed by atoms with Crippen LogP contribution in [0.3, 0.4) is 0 Å². The standard InChI is InChI=1S/C16H20N4O/c1-3-11-10-15(20(4-2)18-11)16(21)19-9-8-12-13(17)6-5-7-14(12)19/h5-7,10H,3-4,8-9,17H2,1-2H3. The van der Waals surface area contributed by atoms with Gasteiger partial charge in [0.25, 0.3) is 5.91 Å². The van der Waals surface area contributed by atoms with Crippen LogP contribution < -0.4 is 10.6 Å². The summed E-state index contributed by atoms with van der Waals surface area (Å²) in [6.45, 7) is 5.42. The molecule has 0 unspecified atom stereocenters. The van der Waals surface area contributed by atoms with Gasteiger partial charge in [0.05, 0.1) is 5.69 Å². The van der Waals surface area contributed by atoms with Crippen molar-refractivity contribution in [2.24, 2.45) is 0 Å². The maximum atomic E-state index is 12.9. The van der Waals surface area contributed by atoms with Crippen LogP contribution in [0, 0.1) is 0 Å². The second kappa shape index (κ2) is 5.24. The number of hydrogen-bond acceptors (Lipinski definition) is 3. The number of nitrogens with zero attached hydrogens (tertiary/aromatic N) is 3. The molecule has 0 fully saturated rings. The van der Waals surface area contributed by atoms with Crippen molar-refractivity contribution in [3.63, 3.8) is 0 Å². The van der Waals surface area contributed by atoms with Crippen LogP contribution in [-0.4, -0.2) is 22.2 Å². The van der Waals surface area contributed by atoms with Gasteiger partial charge in [-0.25, -0.2) is 0 Å². The molecule has 1 amide bonds. The van der Waals surface area contributed by atoms with Crippen molar-refractivity contribution in [2.45, 2.75) is 33.2 Å². The summed E-state index contributed by atoms with van der Waals surface area (Å²) >= 11 is 0. The highest BCUT2D eigenvalue weighted by Crippen LogP contribution is 2.33. The van der Waals surface area contributed by atoms with Gasteiger partial charge in [-0.1, -0.05) is 13.0 Å². The first-order valence-corrected chi connectivity index (χ1v) is 7.41. The van der Waals surface area contributed by atoms with Crippen molar-refractivity contribution in [1.29, 1.82) is 0 Å². The zero-order valence-electron chi connectivity index (χ0n) is 12.5. The van der Waals surface area contributed by atoms with Crippen LogP contribution in [-0.2, 0) is 19.4 Å². The average molecular weight is 284 g/mol. The Kier molecular flexibility index (Phi) is 3.41. The lowest BCUT2D eigenvalue weighted by Crippen LogP contribution is -2.30. The van der Waals surface area contributed by atoms with Crippen molar-refractivity contribution >= 4 is 17.3 Å². The van der Waals surface area contributed by atoms with Crippen LogP contribution >= 0.6 is 0 Å². The minimum Gasteiger partial charge on any atom is -0.398 e. The summed E-state index contributed by atoms with van der Waals surface area (Å²) in [4.78, 5) is 14.7. The fourth-order valence-electron chi connectivity index (χ4n) is 2.87. The summed E-state index contributed by atoms with van der Waals surface area (Å²) in [5, 5.41) is 4.46. The van der Waals surface area contributed by atoms with Crippen LogP contribution in [0.4, 0.5) is 11.4 Å². The Morgan fingerprint density at radius 2 is 2.19 bits per heavy atom. The second-order valence-corrected chi connectivity index (χ2v) is 5.24. The number of rotatable bonds is 3. The lowest BCUT2D eigenvalue weighted by atomic mass is 10.1. The molecule has 3 rings (SSSR count). The van der Waals surface area contributed by atoms with Crippen molar-refractivity contribution < 1.29 is 4.79 Å². The molecule has 2 N–H and O–H groups in total. The Labute approximate surface area is 124 Å². The molecule has 21 heavy (non-hydrogen) atoms. The first kappa shape index (κ1) is 13.7. The normalized spacial score (nSPS) is 13.5. The van der Waals surface area contributed by atoms with Crippen LogP contribution in [0.25, 0.3) is 0 Å². The number of carbonyl (C=O) groups is 1. The van der Waals surface area contributed by atoms with E-state index in [-0.39, 0.29) is 5.91 Å². The molecule has 0 atom stereocenters. The molecule has 1 aromatic heterocycles. The van der Waals surface area contributed by atoms with Gasteiger partial charge in [0.2, 0.25) is 0 Å². The van der Waals surface area contributed by atoms with E-state index in [1.807, 2.05) is 43.0 Å². The largest absolute Gasteiger partial charge is 0.398 e. The Morgan fingerprint density at radius 3 is 2.90 bits per heavy atom. The Balaban J connectivity index is 1.98. The maximum absolute atomic E-state index is 12.9. The predicted molar refractivity (Wildman–Crippen MR) is 83.5 cm³/mol. The molecule has 2 heterocycles. The average Bonchev–Trinajstić information content (AvgIpc) is 3.11. The number of aryl methyl sites for hydroxylation is 2. The van der Waals surface area contributed by atoms with E-state index in [9.17, 15) is 4.79 Å². The van der Waals surface area contributed by atoms with Gasteiger partial charge in [-0.2, -0.15) is 5.10 Å². The fourth-order valence-corrected chi connectivity index (χ4v) is 2.87. The van der Waals surface area contributed by atoms with E-state index in [1.165, 1.54) is 0 Å². The van der Waals surface area contributed by atoms with Gasteiger partial charge < -0.3 is 10.6 Å². The molecule has 0 saturated carbocycles. The molecule has 0 bridgehead atoms. The SMILES string of the molecule is CCc1cc(C(=O)N2CCc3c(N)cccc32)n(CC)n1. The van der Waals surface area contributed by atoms with E-state index in [0.717, 1.165) is 35.5 Å². The molecule has 0 spiro atoms. The zero-order chi connectivity index (χ0) is 15.0. The molecule has 110 valence electrons. The maximum Gasteiger partial charge on any atom is 0.276 e. The van der Waals surface area contributed by atoms with E-state index in [0.29, 0.717) is 18.8 Å². The highest BCUT2D eigenvalue weighted by atomic mass is 16.2. The van der Waals surface area contributed by atoms with Crippen LogP contribution in [0.1, 0.15) is 35.6 Å². The molecule has 1 aromatic carbocycles. The highest BCUT2D eigenvalue weighted by Gasteiger charge is 2.28. The summed E-state index contributed by atoms with van der Waals surface area (Å²) in [7, 11) is 0. The Hall–Kier alpha value is -2.30.